The van der Waals surface area contributed by atoms with E-state index < -0.39 is 5.41 Å². The van der Waals surface area contributed by atoms with Crippen LogP contribution in [-0.2, 0) is 4.79 Å². The van der Waals surface area contributed by atoms with Crippen LogP contribution in [0.3, 0.4) is 0 Å². The van der Waals surface area contributed by atoms with Crippen molar-refractivity contribution < 1.29 is 9.59 Å². The van der Waals surface area contributed by atoms with Gasteiger partial charge in [0, 0.05) is 67.5 Å². The molecule has 2 saturated heterocycles. The molecule has 0 saturated carbocycles. The first kappa shape index (κ1) is 23.6. The summed E-state index contributed by atoms with van der Waals surface area (Å²) >= 11 is 6.12. The van der Waals surface area contributed by atoms with Gasteiger partial charge in [0.15, 0.2) is 0 Å². The van der Waals surface area contributed by atoms with Crippen molar-refractivity contribution in [2.45, 2.75) is 26.8 Å². The van der Waals surface area contributed by atoms with Gasteiger partial charge < -0.3 is 20.0 Å². The van der Waals surface area contributed by atoms with Crippen LogP contribution in [0.5, 0.6) is 0 Å². The number of benzene rings is 2. The molecule has 2 heterocycles. The molecule has 0 bridgehead atoms. The van der Waals surface area contributed by atoms with Crippen LogP contribution in [0.25, 0.3) is 0 Å². The number of piperazine rings is 2. The van der Waals surface area contributed by atoms with Crippen molar-refractivity contribution in [2.75, 3.05) is 50.7 Å². The van der Waals surface area contributed by atoms with Gasteiger partial charge in [-0.1, -0.05) is 44.5 Å². The maximum absolute atomic E-state index is 13.0. The number of carbonyl (C=O) groups excluding carboxylic acids is 2. The second-order valence-electron chi connectivity index (χ2n) is 9.85. The number of halogens is 1. The molecule has 33 heavy (non-hydrogen) atoms. The van der Waals surface area contributed by atoms with Crippen molar-refractivity contribution in [3.63, 3.8) is 0 Å². The van der Waals surface area contributed by atoms with Gasteiger partial charge in [-0.3, -0.25) is 9.59 Å². The summed E-state index contributed by atoms with van der Waals surface area (Å²) in [4.78, 5) is 32.1. The molecule has 2 aliphatic rings. The summed E-state index contributed by atoms with van der Waals surface area (Å²) < 4.78 is 0. The third kappa shape index (κ3) is 5.33. The monoisotopic (exact) mass is 468 g/mol. The molecule has 1 N–H and O–H groups in total. The first-order chi connectivity index (χ1) is 15.7. The van der Waals surface area contributed by atoms with Crippen molar-refractivity contribution in [1.29, 1.82) is 0 Å². The Bertz CT molecular complexity index is 979. The Morgan fingerprint density at radius 1 is 0.879 bits per heavy atom. The van der Waals surface area contributed by atoms with Crippen LogP contribution in [0.2, 0.25) is 5.02 Å². The van der Waals surface area contributed by atoms with Crippen LogP contribution in [0, 0.1) is 5.41 Å². The fourth-order valence-corrected chi connectivity index (χ4v) is 4.69. The van der Waals surface area contributed by atoms with Gasteiger partial charge in [0.2, 0.25) is 5.91 Å². The van der Waals surface area contributed by atoms with Crippen molar-refractivity contribution >= 4 is 29.1 Å². The highest BCUT2D eigenvalue weighted by atomic mass is 35.5. The molecular weight excluding hydrogens is 436 g/mol. The lowest BCUT2D eigenvalue weighted by molar-refractivity contribution is -0.140. The SMILES string of the molecule is CC(C)(C)C(=O)N1CCN(c2ccc(Cl)cc2)[C@H](c2ccc(C(=O)N3CCNCC3)cc2)C1. The van der Waals surface area contributed by atoms with E-state index in [0.29, 0.717) is 23.7 Å². The van der Waals surface area contributed by atoms with Crippen molar-refractivity contribution in [1.82, 2.24) is 15.1 Å². The van der Waals surface area contributed by atoms with Crippen molar-refractivity contribution in [3.8, 4) is 0 Å². The Morgan fingerprint density at radius 2 is 1.52 bits per heavy atom. The zero-order valence-electron chi connectivity index (χ0n) is 19.7. The lowest BCUT2D eigenvalue weighted by Gasteiger charge is -2.44. The normalized spacial score (nSPS) is 19.5. The summed E-state index contributed by atoms with van der Waals surface area (Å²) in [7, 11) is 0. The number of hydrogen-bond acceptors (Lipinski definition) is 4. The van der Waals surface area contributed by atoms with Crippen LogP contribution in [0.1, 0.15) is 42.7 Å². The van der Waals surface area contributed by atoms with Crippen LogP contribution in [0.15, 0.2) is 48.5 Å². The predicted molar refractivity (Wildman–Crippen MR) is 133 cm³/mol. The Hall–Kier alpha value is -2.57. The lowest BCUT2D eigenvalue weighted by Crippen LogP contribution is -2.53. The molecule has 4 rings (SSSR count). The average molecular weight is 469 g/mol. The highest BCUT2D eigenvalue weighted by Gasteiger charge is 2.35. The zero-order valence-corrected chi connectivity index (χ0v) is 20.4. The number of rotatable bonds is 3. The van der Waals surface area contributed by atoms with Gasteiger partial charge in [0.25, 0.3) is 5.91 Å². The van der Waals surface area contributed by atoms with Crippen LogP contribution >= 0.6 is 11.6 Å². The largest absolute Gasteiger partial charge is 0.361 e. The van der Waals surface area contributed by atoms with E-state index >= 15 is 0 Å². The summed E-state index contributed by atoms with van der Waals surface area (Å²) in [5.74, 6) is 0.236. The Balaban J connectivity index is 1.60. The van der Waals surface area contributed by atoms with Gasteiger partial charge in [0.05, 0.1) is 6.04 Å². The molecule has 2 aromatic carbocycles. The summed E-state index contributed by atoms with van der Waals surface area (Å²) in [6.07, 6.45) is 0. The van der Waals surface area contributed by atoms with Gasteiger partial charge in [-0.05, 0) is 42.0 Å². The van der Waals surface area contributed by atoms with Crippen LogP contribution < -0.4 is 10.2 Å². The smallest absolute Gasteiger partial charge is 0.253 e. The first-order valence-corrected chi connectivity index (χ1v) is 12.0. The molecule has 176 valence electrons. The number of carbonyl (C=O) groups is 2. The summed E-state index contributed by atoms with van der Waals surface area (Å²) in [6, 6.07) is 15.8. The minimum atomic E-state index is -0.424. The highest BCUT2D eigenvalue weighted by Crippen LogP contribution is 2.33. The molecule has 0 aliphatic carbocycles. The van der Waals surface area contributed by atoms with Crippen LogP contribution in [-0.4, -0.2) is 67.4 Å². The Labute approximate surface area is 201 Å². The topological polar surface area (TPSA) is 55.9 Å². The molecule has 0 spiro atoms. The lowest BCUT2D eigenvalue weighted by atomic mass is 9.92. The highest BCUT2D eigenvalue weighted by molar-refractivity contribution is 6.30. The molecule has 0 aromatic heterocycles. The molecule has 7 heteroatoms. The first-order valence-electron chi connectivity index (χ1n) is 11.7. The van der Waals surface area contributed by atoms with E-state index in [9.17, 15) is 9.59 Å². The van der Waals surface area contributed by atoms with Gasteiger partial charge >= 0.3 is 0 Å². The number of hydrogen-bond donors (Lipinski definition) is 1. The van der Waals surface area contributed by atoms with E-state index in [0.717, 1.165) is 44.0 Å². The molecule has 2 amide bonds. The van der Waals surface area contributed by atoms with Gasteiger partial charge in [-0.25, -0.2) is 0 Å². The van der Waals surface area contributed by atoms with Crippen molar-refractivity contribution in [2.24, 2.45) is 5.41 Å². The molecule has 2 aliphatic heterocycles. The van der Waals surface area contributed by atoms with Crippen LogP contribution in [0.4, 0.5) is 5.69 Å². The summed E-state index contributed by atoms with van der Waals surface area (Å²) in [5, 5.41) is 3.98. The molecular formula is C26H33ClN4O2. The van der Waals surface area contributed by atoms with E-state index in [-0.39, 0.29) is 17.9 Å². The maximum Gasteiger partial charge on any atom is 0.253 e. The number of amides is 2. The van der Waals surface area contributed by atoms with Crippen molar-refractivity contribution in [3.05, 3.63) is 64.7 Å². The summed E-state index contributed by atoms with van der Waals surface area (Å²) in [5.41, 5.74) is 2.45. The minimum Gasteiger partial charge on any atom is -0.361 e. The second kappa shape index (κ2) is 9.74. The van der Waals surface area contributed by atoms with Gasteiger partial charge in [-0.15, -0.1) is 0 Å². The number of nitrogens with zero attached hydrogens (tertiary/aromatic N) is 3. The standard InChI is InChI=1S/C26H33ClN4O2/c1-26(2,3)25(33)30-16-17-31(22-10-8-21(27)9-11-22)23(18-30)19-4-6-20(7-5-19)24(32)29-14-12-28-13-15-29/h4-11,23,28H,12-18H2,1-3H3/t23-/m0/s1. The average Bonchev–Trinajstić information content (AvgIpc) is 2.83. The Kier molecular flexibility index (Phi) is 6.96. The molecule has 6 nitrogen and oxygen atoms in total. The predicted octanol–water partition coefficient (Wildman–Crippen LogP) is 3.82. The quantitative estimate of drug-likeness (QED) is 0.744. The molecule has 1 atom stereocenters. The fraction of sp³-hybridized carbons (Fsp3) is 0.462. The second-order valence-corrected chi connectivity index (χ2v) is 10.3. The van der Waals surface area contributed by atoms with E-state index in [4.69, 9.17) is 11.6 Å². The molecule has 0 radical (unpaired) electrons. The Morgan fingerprint density at radius 3 is 2.12 bits per heavy atom. The van der Waals surface area contributed by atoms with E-state index in [1.807, 2.05) is 79.1 Å². The third-order valence-corrected chi connectivity index (χ3v) is 6.67. The summed E-state index contributed by atoms with van der Waals surface area (Å²) in [6.45, 7) is 11.0. The fourth-order valence-electron chi connectivity index (χ4n) is 4.57. The number of anilines is 1. The third-order valence-electron chi connectivity index (χ3n) is 6.41. The minimum absolute atomic E-state index is 0.00503. The van der Waals surface area contributed by atoms with E-state index in [1.165, 1.54) is 0 Å². The molecule has 2 aromatic rings. The maximum atomic E-state index is 13.0. The van der Waals surface area contributed by atoms with Gasteiger partial charge in [-0.2, -0.15) is 0 Å². The van der Waals surface area contributed by atoms with E-state index in [2.05, 4.69) is 10.2 Å². The zero-order chi connectivity index (χ0) is 23.6. The molecule has 0 unspecified atom stereocenters. The molecule has 2 fully saturated rings. The number of nitrogens with one attached hydrogen (secondary N) is 1. The van der Waals surface area contributed by atoms with Gasteiger partial charge in [0.1, 0.15) is 0 Å². The van der Waals surface area contributed by atoms with E-state index in [1.54, 1.807) is 0 Å².